The molecule has 0 saturated carbocycles. The maximum absolute atomic E-state index is 12.0. The summed E-state index contributed by atoms with van der Waals surface area (Å²) in [5.41, 5.74) is 7.14. The Kier molecular flexibility index (Phi) is 5.62. The second-order valence-electron chi connectivity index (χ2n) is 6.04. The van der Waals surface area contributed by atoms with Gasteiger partial charge in [0.25, 0.3) is 0 Å². The molecular formula is C17H26N2O2. The maximum atomic E-state index is 12.0. The molecule has 4 heteroatoms. The fraction of sp³-hybridized carbons (Fsp3) is 0.588. The van der Waals surface area contributed by atoms with Crippen LogP contribution in [0.5, 0.6) is 5.75 Å². The lowest BCUT2D eigenvalue weighted by Crippen LogP contribution is -2.43. The zero-order chi connectivity index (χ0) is 15.2. The van der Waals surface area contributed by atoms with E-state index >= 15 is 0 Å². The molecule has 21 heavy (non-hydrogen) atoms. The van der Waals surface area contributed by atoms with Crippen LogP contribution >= 0.6 is 0 Å². The number of ether oxygens (including phenoxy) is 1. The second kappa shape index (κ2) is 7.46. The Morgan fingerprint density at radius 2 is 1.90 bits per heavy atom. The number of carbonyl (C=O) groups is 1. The number of rotatable bonds is 5. The van der Waals surface area contributed by atoms with Gasteiger partial charge in [0, 0.05) is 19.1 Å². The Morgan fingerprint density at radius 1 is 1.29 bits per heavy atom. The molecule has 116 valence electrons. The highest BCUT2D eigenvalue weighted by Gasteiger charge is 2.20. The number of benzene rings is 1. The highest BCUT2D eigenvalue weighted by Crippen LogP contribution is 2.18. The number of hydrogen-bond donors (Lipinski definition) is 1. The van der Waals surface area contributed by atoms with Crippen molar-refractivity contribution >= 4 is 5.91 Å². The highest BCUT2D eigenvalue weighted by atomic mass is 16.5. The quantitative estimate of drug-likeness (QED) is 0.906. The minimum atomic E-state index is 0.167. The van der Waals surface area contributed by atoms with Gasteiger partial charge in [0.1, 0.15) is 5.75 Å². The molecule has 2 rings (SSSR count). The van der Waals surface area contributed by atoms with Crippen LogP contribution in [-0.4, -0.2) is 36.5 Å². The van der Waals surface area contributed by atoms with E-state index in [1.807, 2.05) is 17.0 Å². The van der Waals surface area contributed by atoms with Gasteiger partial charge in [-0.1, -0.05) is 26.0 Å². The lowest BCUT2D eigenvalue weighted by atomic mass is 10.0. The SMILES string of the molecule is CC(C)c1ccc(OCCC(=O)N2CCC(N)CC2)cc1. The lowest BCUT2D eigenvalue weighted by molar-refractivity contribution is -0.132. The number of likely N-dealkylation sites (tertiary alicyclic amines) is 1. The Morgan fingerprint density at radius 3 is 2.48 bits per heavy atom. The Labute approximate surface area is 127 Å². The summed E-state index contributed by atoms with van der Waals surface area (Å²) in [4.78, 5) is 13.9. The monoisotopic (exact) mass is 290 g/mol. The second-order valence-corrected chi connectivity index (χ2v) is 6.04. The van der Waals surface area contributed by atoms with Crippen LogP contribution in [0.3, 0.4) is 0 Å². The van der Waals surface area contributed by atoms with Crippen molar-refractivity contribution in [3.05, 3.63) is 29.8 Å². The lowest BCUT2D eigenvalue weighted by Gasteiger charge is -2.30. The van der Waals surface area contributed by atoms with Crippen LogP contribution in [0.4, 0.5) is 0 Å². The highest BCUT2D eigenvalue weighted by molar-refractivity contribution is 5.76. The molecule has 0 radical (unpaired) electrons. The summed E-state index contributed by atoms with van der Waals surface area (Å²) in [6.07, 6.45) is 2.24. The fourth-order valence-corrected chi connectivity index (χ4v) is 2.51. The summed E-state index contributed by atoms with van der Waals surface area (Å²) in [7, 11) is 0. The van der Waals surface area contributed by atoms with E-state index in [2.05, 4.69) is 26.0 Å². The van der Waals surface area contributed by atoms with E-state index in [9.17, 15) is 4.79 Å². The van der Waals surface area contributed by atoms with Gasteiger partial charge in [-0.05, 0) is 36.5 Å². The van der Waals surface area contributed by atoms with Crippen molar-refractivity contribution in [2.75, 3.05) is 19.7 Å². The summed E-state index contributed by atoms with van der Waals surface area (Å²) < 4.78 is 5.65. The summed E-state index contributed by atoms with van der Waals surface area (Å²) in [5.74, 6) is 1.51. The van der Waals surface area contributed by atoms with E-state index in [1.165, 1.54) is 5.56 Å². The van der Waals surface area contributed by atoms with Gasteiger partial charge in [0.15, 0.2) is 0 Å². The summed E-state index contributed by atoms with van der Waals surface area (Å²) >= 11 is 0. The number of nitrogens with zero attached hydrogens (tertiary/aromatic N) is 1. The van der Waals surface area contributed by atoms with E-state index in [4.69, 9.17) is 10.5 Å². The molecule has 4 nitrogen and oxygen atoms in total. The molecule has 0 aromatic heterocycles. The predicted octanol–water partition coefficient (Wildman–Crippen LogP) is 2.53. The van der Waals surface area contributed by atoms with Crippen LogP contribution in [0, 0.1) is 0 Å². The minimum Gasteiger partial charge on any atom is -0.493 e. The van der Waals surface area contributed by atoms with Gasteiger partial charge >= 0.3 is 0 Å². The Bertz CT molecular complexity index is 448. The molecule has 1 fully saturated rings. The molecule has 0 atom stereocenters. The van der Waals surface area contributed by atoms with E-state index in [0.717, 1.165) is 31.7 Å². The number of nitrogens with two attached hydrogens (primary N) is 1. The normalized spacial score (nSPS) is 16.3. The van der Waals surface area contributed by atoms with Crippen molar-refractivity contribution in [2.45, 2.75) is 45.1 Å². The number of piperidine rings is 1. The molecule has 1 aliphatic heterocycles. The van der Waals surface area contributed by atoms with Crippen LogP contribution in [0.15, 0.2) is 24.3 Å². The number of carbonyl (C=O) groups excluding carboxylic acids is 1. The average molecular weight is 290 g/mol. The van der Waals surface area contributed by atoms with E-state index < -0.39 is 0 Å². The van der Waals surface area contributed by atoms with Gasteiger partial charge in [-0.25, -0.2) is 0 Å². The van der Waals surface area contributed by atoms with Gasteiger partial charge in [0.2, 0.25) is 5.91 Å². The molecule has 0 bridgehead atoms. The third-order valence-corrected chi connectivity index (χ3v) is 4.02. The molecule has 1 saturated heterocycles. The van der Waals surface area contributed by atoms with Crippen molar-refractivity contribution < 1.29 is 9.53 Å². The molecule has 2 N–H and O–H groups in total. The molecule has 1 aromatic rings. The third kappa shape index (κ3) is 4.74. The van der Waals surface area contributed by atoms with E-state index in [-0.39, 0.29) is 11.9 Å². The molecule has 1 aliphatic rings. The van der Waals surface area contributed by atoms with Crippen LogP contribution in [0.25, 0.3) is 0 Å². The van der Waals surface area contributed by atoms with Gasteiger partial charge in [-0.2, -0.15) is 0 Å². The van der Waals surface area contributed by atoms with Gasteiger partial charge in [0.05, 0.1) is 13.0 Å². The predicted molar refractivity (Wildman–Crippen MR) is 84.4 cm³/mol. The number of amides is 1. The molecule has 0 unspecified atom stereocenters. The van der Waals surface area contributed by atoms with Gasteiger partial charge in [-0.15, -0.1) is 0 Å². The van der Waals surface area contributed by atoms with Crippen molar-refractivity contribution in [1.82, 2.24) is 4.90 Å². The number of hydrogen-bond acceptors (Lipinski definition) is 3. The summed E-state index contributed by atoms with van der Waals surface area (Å²) in [5, 5.41) is 0. The topological polar surface area (TPSA) is 55.6 Å². The maximum Gasteiger partial charge on any atom is 0.225 e. The van der Waals surface area contributed by atoms with Crippen molar-refractivity contribution in [3.63, 3.8) is 0 Å². The molecule has 0 aliphatic carbocycles. The average Bonchev–Trinajstić information content (AvgIpc) is 2.48. The van der Waals surface area contributed by atoms with Crippen molar-refractivity contribution in [2.24, 2.45) is 5.73 Å². The Hall–Kier alpha value is -1.55. The van der Waals surface area contributed by atoms with Crippen LogP contribution < -0.4 is 10.5 Å². The van der Waals surface area contributed by atoms with Crippen molar-refractivity contribution in [1.29, 1.82) is 0 Å². The summed E-state index contributed by atoms with van der Waals surface area (Å²) in [6.45, 7) is 6.33. The van der Waals surface area contributed by atoms with Gasteiger partial charge < -0.3 is 15.4 Å². The molecule has 1 amide bonds. The first-order valence-corrected chi connectivity index (χ1v) is 7.82. The fourth-order valence-electron chi connectivity index (χ4n) is 2.51. The molecule has 1 heterocycles. The molecule has 0 spiro atoms. The van der Waals surface area contributed by atoms with E-state index in [1.54, 1.807) is 0 Å². The standard InChI is InChI=1S/C17H26N2O2/c1-13(2)14-3-5-16(6-4-14)21-12-9-17(20)19-10-7-15(18)8-11-19/h3-6,13,15H,7-12,18H2,1-2H3. The van der Waals surface area contributed by atoms with Crippen molar-refractivity contribution in [3.8, 4) is 5.75 Å². The van der Waals surface area contributed by atoms with Gasteiger partial charge in [-0.3, -0.25) is 4.79 Å². The first kappa shape index (κ1) is 15.8. The molecule has 1 aromatic carbocycles. The smallest absolute Gasteiger partial charge is 0.225 e. The van der Waals surface area contributed by atoms with Crippen LogP contribution in [0.2, 0.25) is 0 Å². The summed E-state index contributed by atoms with van der Waals surface area (Å²) in [6, 6.07) is 8.35. The van der Waals surface area contributed by atoms with E-state index in [0.29, 0.717) is 18.9 Å². The largest absolute Gasteiger partial charge is 0.493 e. The molecular weight excluding hydrogens is 264 g/mol. The van der Waals surface area contributed by atoms with Crippen LogP contribution in [0.1, 0.15) is 44.6 Å². The third-order valence-electron chi connectivity index (χ3n) is 4.02. The Balaban J connectivity index is 1.72. The first-order valence-electron chi connectivity index (χ1n) is 7.82. The zero-order valence-electron chi connectivity index (χ0n) is 13.0. The first-order chi connectivity index (χ1) is 10.1. The minimum absolute atomic E-state index is 0.167. The van der Waals surface area contributed by atoms with Crippen LogP contribution in [-0.2, 0) is 4.79 Å². The zero-order valence-corrected chi connectivity index (χ0v) is 13.0.